The first-order chi connectivity index (χ1) is 20.8. The van der Waals surface area contributed by atoms with Crippen LogP contribution in [0.15, 0.2) is 121 Å². The standard InChI is InChI=1S/C34H20N2S/c1-2-9-24-23(8-1)25(28-11-5-12-29-27-10-3-4-13-31(27)37-34(28)29)17-18-26(24)30-19-16-22-15-14-21-7-6-20-35-32(21)33(22)36-30/h1-20H/i1D,2D,8D,9D,17D,18D. The Labute approximate surface area is 225 Å². The highest BCUT2D eigenvalue weighted by Crippen LogP contribution is 2.43. The minimum atomic E-state index is -0.394. The van der Waals surface area contributed by atoms with E-state index in [9.17, 15) is 2.74 Å². The fourth-order valence-corrected chi connectivity index (χ4v) is 6.36. The Morgan fingerprint density at radius 2 is 1.32 bits per heavy atom. The first kappa shape index (κ1) is 15.5. The number of hydrogen-bond acceptors (Lipinski definition) is 3. The van der Waals surface area contributed by atoms with Crippen LogP contribution in [-0.4, -0.2) is 9.97 Å². The Morgan fingerprint density at radius 3 is 2.24 bits per heavy atom. The van der Waals surface area contributed by atoms with Crippen LogP contribution < -0.4 is 0 Å². The van der Waals surface area contributed by atoms with Gasteiger partial charge in [-0.3, -0.25) is 4.98 Å². The summed E-state index contributed by atoms with van der Waals surface area (Å²) in [5.41, 5.74) is 2.86. The number of pyridine rings is 2. The number of benzene rings is 5. The molecule has 0 N–H and O–H groups in total. The molecule has 0 radical (unpaired) electrons. The van der Waals surface area contributed by atoms with Crippen LogP contribution in [0, 0.1) is 0 Å². The van der Waals surface area contributed by atoms with Gasteiger partial charge in [0.25, 0.3) is 0 Å². The molecule has 3 heterocycles. The molecule has 3 heteroatoms. The van der Waals surface area contributed by atoms with Gasteiger partial charge in [0.1, 0.15) is 0 Å². The smallest absolute Gasteiger partial charge is 0.0972 e. The summed E-state index contributed by atoms with van der Waals surface area (Å²) in [6, 6.07) is 23.6. The number of nitrogens with zero attached hydrogens (tertiary/aromatic N) is 2. The summed E-state index contributed by atoms with van der Waals surface area (Å²) in [7, 11) is 0. The molecule has 0 bridgehead atoms. The van der Waals surface area contributed by atoms with Crippen molar-refractivity contribution in [3.63, 3.8) is 0 Å². The number of fused-ring (bicyclic) bond motifs is 7. The Kier molecular flexibility index (Phi) is 3.33. The molecular weight excluding hydrogens is 468 g/mol. The number of rotatable bonds is 2. The maximum absolute atomic E-state index is 9.32. The highest BCUT2D eigenvalue weighted by atomic mass is 32.1. The van der Waals surface area contributed by atoms with Crippen molar-refractivity contribution in [1.82, 2.24) is 9.97 Å². The Bertz CT molecular complexity index is 2490. The van der Waals surface area contributed by atoms with Crippen molar-refractivity contribution in [2.75, 3.05) is 0 Å². The molecule has 0 saturated heterocycles. The van der Waals surface area contributed by atoms with E-state index in [0.29, 0.717) is 27.9 Å². The van der Waals surface area contributed by atoms with E-state index in [0.717, 1.165) is 30.9 Å². The summed E-state index contributed by atoms with van der Waals surface area (Å²) in [5, 5.41) is 4.23. The van der Waals surface area contributed by atoms with Gasteiger partial charge in [-0.1, -0.05) is 96.9 Å². The normalized spacial score (nSPS) is 14.1. The zero-order valence-corrected chi connectivity index (χ0v) is 20.2. The van der Waals surface area contributed by atoms with Crippen molar-refractivity contribution < 1.29 is 8.22 Å². The highest BCUT2D eigenvalue weighted by molar-refractivity contribution is 7.26. The molecule has 0 amide bonds. The molecule has 0 saturated carbocycles. The fraction of sp³-hybridized carbons (Fsp3) is 0. The second kappa shape index (κ2) is 7.95. The molecular formula is C34H20N2S. The van der Waals surface area contributed by atoms with Gasteiger partial charge in [0, 0.05) is 48.3 Å². The van der Waals surface area contributed by atoms with E-state index in [1.54, 1.807) is 23.6 Å². The van der Waals surface area contributed by atoms with Crippen LogP contribution in [0.5, 0.6) is 0 Å². The molecule has 3 aromatic heterocycles. The quantitative estimate of drug-likeness (QED) is 0.224. The summed E-state index contributed by atoms with van der Waals surface area (Å²) < 4.78 is 55.7. The van der Waals surface area contributed by atoms with Crippen LogP contribution in [0.1, 0.15) is 8.22 Å². The zero-order chi connectivity index (χ0) is 29.6. The van der Waals surface area contributed by atoms with E-state index in [1.807, 2.05) is 72.8 Å². The molecule has 0 fully saturated rings. The average Bonchev–Trinajstić information content (AvgIpc) is 3.42. The predicted molar refractivity (Wildman–Crippen MR) is 158 cm³/mol. The van der Waals surface area contributed by atoms with E-state index >= 15 is 0 Å². The average molecular weight is 495 g/mol. The summed E-state index contributed by atoms with van der Waals surface area (Å²) in [6.45, 7) is 0. The third kappa shape index (κ3) is 3.11. The minimum Gasteiger partial charge on any atom is -0.254 e. The minimum absolute atomic E-state index is 0.115. The van der Waals surface area contributed by atoms with Gasteiger partial charge < -0.3 is 0 Å². The van der Waals surface area contributed by atoms with Crippen LogP contribution in [0.3, 0.4) is 0 Å². The maximum Gasteiger partial charge on any atom is 0.0972 e. The third-order valence-electron chi connectivity index (χ3n) is 6.86. The molecule has 5 aromatic carbocycles. The Balaban J connectivity index is 1.54. The van der Waals surface area contributed by atoms with Crippen LogP contribution in [0.2, 0.25) is 0 Å². The van der Waals surface area contributed by atoms with Gasteiger partial charge in [0.15, 0.2) is 0 Å². The molecule has 0 aliphatic rings. The van der Waals surface area contributed by atoms with Gasteiger partial charge in [0.05, 0.1) is 25.0 Å². The largest absolute Gasteiger partial charge is 0.254 e. The van der Waals surface area contributed by atoms with Gasteiger partial charge in [-0.05, 0) is 34.5 Å². The van der Waals surface area contributed by atoms with Crippen molar-refractivity contribution >= 4 is 64.1 Å². The lowest BCUT2D eigenvalue weighted by atomic mass is 9.93. The molecule has 8 rings (SSSR count). The van der Waals surface area contributed by atoms with Crippen LogP contribution in [0.25, 0.3) is 75.1 Å². The molecule has 0 unspecified atom stereocenters. The first-order valence-corrected chi connectivity index (χ1v) is 12.8. The van der Waals surface area contributed by atoms with Gasteiger partial charge in [-0.25, -0.2) is 4.98 Å². The molecule has 0 aliphatic carbocycles. The molecule has 172 valence electrons. The van der Waals surface area contributed by atoms with E-state index in [4.69, 9.17) is 10.5 Å². The van der Waals surface area contributed by atoms with E-state index in [1.165, 1.54) is 0 Å². The highest BCUT2D eigenvalue weighted by Gasteiger charge is 2.15. The molecule has 8 aromatic rings. The number of aromatic nitrogens is 2. The van der Waals surface area contributed by atoms with Crippen molar-refractivity contribution in [2.24, 2.45) is 0 Å². The monoisotopic (exact) mass is 494 g/mol. The lowest BCUT2D eigenvalue weighted by Crippen LogP contribution is -1.91. The van der Waals surface area contributed by atoms with Crippen molar-refractivity contribution in [1.29, 1.82) is 0 Å². The Hall–Kier alpha value is -4.60. The molecule has 2 nitrogen and oxygen atoms in total. The van der Waals surface area contributed by atoms with E-state index in [-0.39, 0.29) is 46.5 Å². The first-order valence-electron chi connectivity index (χ1n) is 14.9. The van der Waals surface area contributed by atoms with Crippen molar-refractivity contribution in [3.05, 3.63) is 121 Å². The summed E-state index contributed by atoms with van der Waals surface area (Å²) in [4.78, 5) is 9.45. The predicted octanol–water partition coefficient (Wildman–Crippen LogP) is 9.64. The Morgan fingerprint density at radius 1 is 0.568 bits per heavy atom. The number of thiophene rings is 1. The van der Waals surface area contributed by atoms with Crippen molar-refractivity contribution in [2.45, 2.75) is 0 Å². The molecule has 0 atom stereocenters. The van der Waals surface area contributed by atoms with Gasteiger partial charge in [0.2, 0.25) is 0 Å². The fourth-order valence-electron chi connectivity index (χ4n) is 5.14. The van der Waals surface area contributed by atoms with Gasteiger partial charge in [-0.15, -0.1) is 11.3 Å². The topological polar surface area (TPSA) is 25.8 Å². The van der Waals surface area contributed by atoms with Gasteiger partial charge in [-0.2, -0.15) is 0 Å². The lowest BCUT2D eigenvalue weighted by molar-refractivity contribution is 1.37. The third-order valence-corrected chi connectivity index (χ3v) is 8.08. The lowest BCUT2D eigenvalue weighted by Gasteiger charge is -2.13. The number of hydrogen-bond donors (Lipinski definition) is 0. The second-order valence-electron chi connectivity index (χ2n) is 8.94. The summed E-state index contributed by atoms with van der Waals surface area (Å²) in [5.74, 6) is 0. The SMILES string of the molecule is [2H]c1c([2H])c([2H])c2c(-c3cccc4c3sc3ccccc34)c([2H])c([2H])c(-c3ccc4ccc5cccnc5c4n3)c2c1[2H]. The molecule has 37 heavy (non-hydrogen) atoms. The van der Waals surface area contributed by atoms with Crippen LogP contribution in [0.4, 0.5) is 0 Å². The van der Waals surface area contributed by atoms with Crippen molar-refractivity contribution in [3.8, 4) is 22.4 Å². The second-order valence-corrected chi connectivity index (χ2v) is 9.99. The molecule has 0 spiro atoms. The summed E-state index contributed by atoms with van der Waals surface area (Å²) in [6.07, 6.45) is 1.70. The maximum atomic E-state index is 9.32. The van der Waals surface area contributed by atoms with E-state index in [2.05, 4.69) is 4.98 Å². The zero-order valence-electron chi connectivity index (χ0n) is 25.4. The van der Waals surface area contributed by atoms with Crippen LogP contribution in [-0.2, 0) is 0 Å². The molecule has 0 aliphatic heterocycles. The van der Waals surface area contributed by atoms with E-state index < -0.39 is 6.04 Å². The van der Waals surface area contributed by atoms with Gasteiger partial charge >= 0.3 is 0 Å². The summed E-state index contributed by atoms with van der Waals surface area (Å²) >= 11 is 1.57. The van der Waals surface area contributed by atoms with Crippen LogP contribution >= 0.6 is 11.3 Å².